The zero-order valence-corrected chi connectivity index (χ0v) is 41.0. The minimum atomic E-state index is -0.0285. The van der Waals surface area contributed by atoms with E-state index in [0.717, 1.165) is 39.8 Å². The van der Waals surface area contributed by atoms with Crippen molar-refractivity contribution in [1.82, 2.24) is 9.97 Å². The summed E-state index contributed by atoms with van der Waals surface area (Å²) in [5, 5.41) is 0. The summed E-state index contributed by atoms with van der Waals surface area (Å²) in [4.78, 5) is 17.0. The molecule has 0 aliphatic carbocycles. The maximum absolute atomic E-state index is 6.78. The van der Waals surface area contributed by atoms with Gasteiger partial charge in [-0.1, -0.05) is 130 Å². The standard InChI is InChI=1S/C61H53N5OSe/c1-60(2,3)45-30-27-43(28-31-45)50-24-16-23-49(42-19-11-8-12-20-42)59(50)65-40-64(53-35-44(29-32-51(53)65)41-17-9-7-10-18-41)47-21-15-22-48(37-47)67-58-38-54-56(39-63-58)68-55-26-14-13-25-52(55)66(54)57-36-46(33-34-62-57)61(4,5)6/h7-39H,40H2,1-6H3. The van der Waals surface area contributed by atoms with E-state index in [4.69, 9.17) is 14.7 Å². The Bertz CT molecular complexity index is 3300. The number of aromatic nitrogens is 2. The first-order valence-corrected chi connectivity index (χ1v) is 25.0. The van der Waals surface area contributed by atoms with Crippen LogP contribution in [0.3, 0.4) is 0 Å². The molecule has 6 nitrogen and oxygen atoms in total. The van der Waals surface area contributed by atoms with Crippen molar-refractivity contribution in [2.45, 2.75) is 52.4 Å². The van der Waals surface area contributed by atoms with Gasteiger partial charge in [-0.15, -0.1) is 0 Å². The van der Waals surface area contributed by atoms with Gasteiger partial charge in [-0.3, -0.25) is 0 Å². The number of hydrogen-bond acceptors (Lipinski definition) is 6. The van der Waals surface area contributed by atoms with Crippen LogP contribution in [0, 0.1) is 0 Å². The van der Waals surface area contributed by atoms with Crippen LogP contribution in [0.15, 0.2) is 200 Å². The van der Waals surface area contributed by atoms with Gasteiger partial charge in [-0.25, -0.2) is 0 Å². The summed E-state index contributed by atoms with van der Waals surface area (Å²) in [5.74, 6) is 2.12. The largest absolute Gasteiger partial charge is 0.0579 e. The van der Waals surface area contributed by atoms with E-state index in [1.807, 2.05) is 18.5 Å². The molecule has 68 heavy (non-hydrogen) atoms. The van der Waals surface area contributed by atoms with Crippen LogP contribution in [0.5, 0.6) is 11.6 Å². The molecule has 0 unspecified atom stereocenters. The number of rotatable bonds is 8. The topological polar surface area (TPSA) is 44.7 Å². The summed E-state index contributed by atoms with van der Waals surface area (Å²) >= 11 is 0.0675. The first-order valence-electron chi connectivity index (χ1n) is 23.3. The number of pyridine rings is 2. The molecule has 334 valence electrons. The SMILES string of the molecule is CC(C)(C)c1ccc(-c2cccc(-c3ccccc3)c2N2CN(c3cccc(Oc4cc5c(cn4)[Se]c4ccccc4N5c4cc(C(C)(C)C)ccn4)c3)c3cc(-c4ccccc4)ccc32)cc1. The van der Waals surface area contributed by atoms with Gasteiger partial charge >= 0.3 is 240 Å². The molecule has 11 rings (SSSR count). The number of benzene rings is 7. The normalized spacial score (nSPS) is 13.2. The van der Waals surface area contributed by atoms with Crippen molar-refractivity contribution in [2.24, 2.45) is 0 Å². The quantitative estimate of drug-likeness (QED) is 0.141. The minimum absolute atomic E-state index is 0.0285. The van der Waals surface area contributed by atoms with Crippen molar-refractivity contribution in [3.63, 3.8) is 0 Å². The number of fused-ring (bicyclic) bond motifs is 3. The van der Waals surface area contributed by atoms with Gasteiger partial charge in [0.15, 0.2) is 0 Å². The molecule has 0 saturated carbocycles. The summed E-state index contributed by atoms with van der Waals surface area (Å²) in [7, 11) is 0. The van der Waals surface area contributed by atoms with Crippen LogP contribution in [0.25, 0.3) is 33.4 Å². The van der Waals surface area contributed by atoms with Crippen LogP contribution in [-0.2, 0) is 10.8 Å². The number of para-hydroxylation sites is 2. The second-order valence-electron chi connectivity index (χ2n) is 19.6. The van der Waals surface area contributed by atoms with E-state index >= 15 is 0 Å². The third-order valence-corrected chi connectivity index (χ3v) is 15.3. The molecule has 4 heterocycles. The van der Waals surface area contributed by atoms with Crippen molar-refractivity contribution >= 4 is 63.8 Å². The molecule has 0 spiro atoms. The smallest absolute Gasteiger partial charge is 0.0540 e. The molecule has 0 saturated heterocycles. The van der Waals surface area contributed by atoms with Crippen LogP contribution in [0.2, 0.25) is 0 Å². The Morgan fingerprint density at radius 2 is 1.13 bits per heavy atom. The summed E-state index contributed by atoms with van der Waals surface area (Å²) < 4.78 is 9.26. The van der Waals surface area contributed by atoms with Gasteiger partial charge in [0.2, 0.25) is 0 Å². The molecule has 0 fully saturated rings. The molecule has 2 aliphatic heterocycles. The Labute approximate surface area is 406 Å². The van der Waals surface area contributed by atoms with Gasteiger partial charge < -0.3 is 0 Å². The van der Waals surface area contributed by atoms with Gasteiger partial charge in [-0.05, 0) is 27.7 Å². The van der Waals surface area contributed by atoms with Crippen molar-refractivity contribution < 1.29 is 4.74 Å². The van der Waals surface area contributed by atoms with Crippen LogP contribution in [-0.4, -0.2) is 31.6 Å². The van der Waals surface area contributed by atoms with Gasteiger partial charge in [0, 0.05) is 11.1 Å². The number of hydrogen-bond donors (Lipinski definition) is 0. The first kappa shape index (κ1) is 43.1. The van der Waals surface area contributed by atoms with Crippen LogP contribution in [0.4, 0.5) is 39.9 Å². The van der Waals surface area contributed by atoms with Gasteiger partial charge in [0.1, 0.15) is 0 Å². The molecule has 7 heteroatoms. The second kappa shape index (κ2) is 17.3. The van der Waals surface area contributed by atoms with Crippen LogP contribution in [0.1, 0.15) is 52.7 Å². The fraction of sp³-hybridized carbons (Fsp3) is 0.148. The summed E-state index contributed by atoms with van der Waals surface area (Å²) in [5.41, 5.74) is 16.2. The maximum atomic E-state index is 6.78. The summed E-state index contributed by atoms with van der Waals surface area (Å²) in [6.07, 6.45) is 3.91. The third-order valence-electron chi connectivity index (χ3n) is 13.0. The van der Waals surface area contributed by atoms with Crippen molar-refractivity contribution in [2.75, 3.05) is 21.4 Å². The number of anilines is 7. The Kier molecular flexibility index (Phi) is 11.0. The fourth-order valence-corrected chi connectivity index (χ4v) is 11.5. The molecule has 2 aliphatic rings. The van der Waals surface area contributed by atoms with E-state index < -0.39 is 0 Å². The Morgan fingerprint density at radius 3 is 1.87 bits per heavy atom. The molecule has 2 aromatic heterocycles. The second-order valence-corrected chi connectivity index (χ2v) is 21.9. The Morgan fingerprint density at radius 1 is 0.471 bits per heavy atom. The fourth-order valence-electron chi connectivity index (χ4n) is 9.34. The molecule has 7 aromatic carbocycles. The molecule has 0 N–H and O–H groups in total. The van der Waals surface area contributed by atoms with E-state index in [2.05, 4.69) is 238 Å². The maximum Gasteiger partial charge on any atom is -0.0540 e. The number of nitrogens with zero attached hydrogens (tertiary/aromatic N) is 5. The molecule has 0 amide bonds. The van der Waals surface area contributed by atoms with Crippen molar-refractivity contribution in [3.8, 4) is 45.0 Å². The molecule has 9 aromatic rings. The predicted molar refractivity (Wildman–Crippen MR) is 284 cm³/mol. The van der Waals surface area contributed by atoms with Crippen LogP contribution >= 0.6 is 0 Å². The van der Waals surface area contributed by atoms with E-state index in [-0.39, 0.29) is 25.8 Å². The van der Waals surface area contributed by atoms with E-state index in [9.17, 15) is 0 Å². The zero-order chi connectivity index (χ0) is 46.6. The van der Waals surface area contributed by atoms with E-state index in [0.29, 0.717) is 18.3 Å². The number of ether oxygens (including phenoxy) is 1. The molecule has 0 atom stereocenters. The minimum Gasteiger partial charge on any atom is -0.0579 e. The molecular weight excluding hydrogens is 898 g/mol. The summed E-state index contributed by atoms with van der Waals surface area (Å²) in [6.45, 7) is 14.1. The van der Waals surface area contributed by atoms with Gasteiger partial charge in [-0.2, -0.15) is 0 Å². The Balaban J connectivity index is 0.997. The first-order chi connectivity index (χ1) is 33.0. The predicted octanol–water partition coefficient (Wildman–Crippen LogP) is 14.6. The van der Waals surface area contributed by atoms with Crippen molar-refractivity contribution in [3.05, 3.63) is 212 Å². The van der Waals surface area contributed by atoms with Gasteiger partial charge in [0.25, 0.3) is 0 Å². The molecule has 0 bridgehead atoms. The Hall–Kier alpha value is -7.44. The van der Waals surface area contributed by atoms with E-state index in [1.54, 1.807) is 0 Å². The zero-order valence-electron chi connectivity index (χ0n) is 39.3. The molecular formula is C61H53N5OSe. The van der Waals surface area contributed by atoms with E-state index in [1.165, 1.54) is 53.6 Å². The summed E-state index contributed by atoms with van der Waals surface area (Å²) in [6, 6.07) is 67.7. The van der Waals surface area contributed by atoms with Crippen molar-refractivity contribution in [1.29, 1.82) is 0 Å². The third kappa shape index (κ3) is 8.23. The van der Waals surface area contributed by atoms with Gasteiger partial charge in [0.05, 0.1) is 0 Å². The monoisotopic (exact) mass is 951 g/mol. The van der Waals surface area contributed by atoms with Crippen LogP contribution < -0.4 is 28.4 Å². The molecule has 0 radical (unpaired) electrons. The average Bonchev–Trinajstić information content (AvgIpc) is 3.74. The average molecular weight is 951 g/mol.